The molecule has 0 amide bonds. The number of likely N-dealkylation sites (N-methyl/N-ethyl adjacent to an activating group) is 1. The number of thiophene rings is 1. The largest absolute Gasteiger partial charge is 0.319 e. The van der Waals surface area contributed by atoms with Crippen molar-refractivity contribution in [1.29, 1.82) is 0 Å². The van der Waals surface area contributed by atoms with Crippen LogP contribution in [0.5, 0.6) is 0 Å². The van der Waals surface area contributed by atoms with E-state index in [1.807, 2.05) is 18.4 Å². The van der Waals surface area contributed by atoms with Gasteiger partial charge in [0.1, 0.15) is 0 Å². The van der Waals surface area contributed by atoms with Crippen LogP contribution in [0, 0.1) is 0 Å². The highest BCUT2D eigenvalue weighted by atomic mass is 79.9. The van der Waals surface area contributed by atoms with Crippen molar-refractivity contribution < 1.29 is 0 Å². The number of fused-ring (bicyclic) bond motifs is 1. The van der Waals surface area contributed by atoms with E-state index in [1.54, 1.807) is 0 Å². The summed E-state index contributed by atoms with van der Waals surface area (Å²) in [6.07, 6.45) is 1.11. The van der Waals surface area contributed by atoms with Crippen LogP contribution in [-0.2, 0) is 6.42 Å². The van der Waals surface area contributed by atoms with Gasteiger partial charge < -0.3 is 5.32 Å². The molecule has 0 atom stereocenters. The van der Waals surface area contributed by atoms with Gasteiger partial charge in [-0.2, -0.15) is 0 Å². The Morgan fingerprint density at radius 1 is 1.43 bits per heavy atom. The first-order valence-corrected chi connectivity index (χ1v) is 6.24. The molecule has 0 bridgehead atoms. The Bertz CT molecular complexity index is 436. The highest BCUT2D eigenvalue weighted by Gasteiger charge is 2.03. The van der Waals surface area contributed by atoms with E-state index in [1.165, 1.54) is 19.4 Å². The minimum Gasteiger partial charge on any atom is -0.319 e. The van der Waals surface area contributed by atoms with Gasteiger partial charge in [0.2, 0.25) is 0 Å². The second-order valence-corrected chi connectivity index (χ2v) is 5.22. The molecule has 0 aliphatic rings. The van der Waals surface area contributed by atoms with Crippen molar-refractivity contribution >= 4 is 37.4 Å². The van der Waals surface area contributed by atoms with Crippen LogP contribution in [0.1, 0.15) is 4.88 Å². The maximum absolute atomic E-state index is 3.57. The summed E-state index contributed by atoms with van der Waals surface area (Å²) in [4.78, 5) is 1.45. The zero-order valence-electron chi connectivity index (χ0n) is 8.01. The van der Waals surface area contributed by atoms with E-state index in [2.05, 4.69) is 45.5 Å². The minimum atomic E-state index is 1.05. The summed E-state index contributed by atoms with van der Waals surface area (Å²) in [6.45, 7) is 1.05. The third-order valence-corrected chi connectivity index (χ3v) is 4.34. The molecule has 2 aromatic rings. The zero-order valence-corrected chi connectivity index (χ0v) is 10.4. The van der Waals surface area contributed by atoms with Crippen molar-refractivity contribution in [2.45, 2.75) is 6.42 Å². The molecule has 0 saturated heterocycles. The molecular formula is C11H12BrNS. The highest BCUT2D eigenvalue weighted by molar-refractivity contribution is 9.10. The standard InChI is InChI=1S/C11H12BrNS/c1-13-6-5-9-7-8-3-2-4-10(12)11(8)14-9/h2-4,7,13H,5-6H2,1H3. The van der Waals surface area contributed by atoms with Crippen molar-refractivity contribution in [3.8, 4) is 0 Å². The number of halogens is 1. The second kappa shape index (κ2) is 4.43. The average Bonchev–Trinajstić information content (AvgIpc) is 2.59. The quantitative estimate of drug-likeness (QED) is 0.901. The summed E-state index contributed by atoms with van der Waals surface area (Å²) in [7, 11) is 1.99. The Labute approximate surface area is 96.3 Å². The lowest BCUT2D eigenvalue weighted by Crippen LogP contribution is -2.09. The van der Waals surface area contributed by atoms with E-state index < -0.39 is 0 Å². The van der Waals surface area contributed by atoms with E-state index in [0.717, 1.165) is 13.0 Å². The van der Waals surface area contributed by atoms with Gasteiger partial charge in [-0.3, -0.25) is 0 Å². The fourth-order valence-corrected chi connectivity index (χ4v) is 3.14. The summed E-state index contributed by atoms with van der Waals surface area (Å²) in [5.41, 5.74) is 0. The smallest absolute Gasteiger partial charge is 0.0487 e. The fraction of sp³-hybridized carbons (Fsp3) is 0.273. The normalized spacial score (nSPS) is 11.0. The van der Waals surface area contributed by atoms with E-state index in [4.69, 9.17) is 0 Å². The Kier molecular flexibility index (Phi) is 3.21. The molecule has 14 heavy (non-hydrogen) atoms. The number of nitrogens with one attached hydrogen (secondary N) is 1. The molecule has 0 aliphatic carbocycles. The minimum absolute atomic E-state index is 1.05. The van der Waals surface area contributed by atoms with Crippen molar-refractivity contribution in [1.82, 2.24) is 5.32 Å². The van der Waals surface area contributed by atoms with Gasteiger partial charge in [0, 0.05) is 14.0 Å². The van der Waals surface area contributed by atoms with Crippen molar-refractivity contribution in [2.24, 2.45) is 0 Å². The van der Waals surface area contributed by atoms with Gasteiger partial charge in [-0.15, -0.1) is 11.3 Å². The van der Waals surface area contributed by atoms with Gasteiger partial charge >= 0.3 is 0 Å². The van der Waals surface area contributed by atoms with Gasteiger partial charge in [0.15, 0.2) is 0 Å². The first-order chi connectivity index (χ1) is 6.81. The van der Waals surface area contributed by atoms with E-state index in [-0.39, 0.29) is 0 Å². The highest BCUT2D eigenvalue weighted by Crippen LogP contribution is 2.31. The topological polar surface area (TPSA) is 12.0 Å². The SMILES string of the molecule is CNCCc1cc2cccc(Br)c2s1. The molecule has 0 radical (unpaired) electrons. The third kappa shape index (κ3) is 2.00. The van der Waals surface area contributed by atoms with Crippen molar-refractivity contribution in [2.75, 3.05) is 13.6 Å². The first kappa shape index (κ1) is 10.1. The van der Waals surface area contributed by atoms with E-state index in [0.29, 0.717) is 0 Å². The molecule has 0 saturated carbocycles. The van der Waals surface area contributed by atoms with E-state index in [9.17, 15) is 0 Å². The lowest BCUT2D eigenvalue weighted by Gasteiger charge is -1.93. The molecule has 0 unspecified atom stereocenters. The molecular weight excluding hydrogens is 258 g/mol. The Balaban J connectivity index is 2.36. The van der Waals surface area contributed by atoms with E-state index >= 15 is 0 Å². The molecule has 1 aromatic heterocycles. The molecule has 1 heterocycles. The molecule has 3 heteroatoms. The third-order valence-electron chi connectivity index (χ3n) is 2.17. The number of hydrogen-bond donors (Lipinski definition) is 1. The predicted octanol–water partition coefficient (Wildman–Crippen LogP) is 3.43. The van der Waals surface area contributed by atoms with Crippen molar-refractivity contribution in [3.05, 3.63) is 33.6 Å². The second-order valence-electron chi connectivity index (χ2n) is 3.22. The monoisotopic (exact) mass is 269 g/mol. The van der Waals surface area contributed by atoms with Crippen LogP contribution in [0.4, 0.5) is 0 Å². The zero-order chi connectivity index (χ0) is 9.97. The molecule has 0 fully saturated rings. The summed E-state index contributed by atoms with van der Waals surface area (Å²) in [6, 6.07) is 8.63. The summed E-state index contributed by atoms with van der Waals surface area (Å²) < 4.78 is 2.56. The Morgan fingerprint density at radius 2 is 2.29 bits per heavy atom. The maximum atomic E-state index is 3.57. The van der Waals surface area contributed by atoms with Crippen LogP contribution < -0.4 is 5.32 Å². The lowest BCUT2D eigenvalue weighted by atomic mass is 10.2. The molecule has 74 valence electrons. The Morgan fingerprint density at radius 3 is 3.00 bits per heavy atom. The first-order valence-electron chi connectivity index (χ1n) is 4.63. The summed E-state index contributed by atoms with van der Waals surface area (Å²) >= 11 is 5.45. The number of rotatable bonds is 3. The molecule has 1 N–H and O–H groups in total. The fourth-order valence-electron chi connectivity index (χ4n) is 1.45. The lowest BCUT2D eigenvalue weighted by molar-refractivity contribution is 0.799. The maximum Gasteiger partial charge on any atom is 0.0487 e. The molecule has 0 spiro atoms. The molecule has 1 nitrogen and oxygen atoms in total. The van der Waals surface area contributed by atoms with Gasteiger partial charge in [-0.1, -0.05) is 12.1 Å². The van der Waals surface area contributed by atoms with Crippen LogP contribution in [-0.4, -0.2) is 13.6 Å². The van der Waals surface area contributed by atoms with Crippen LogP contribution >= 0.6 is 27.3 Å². The molecule has 0 aliphatic heterocycles. The summed E-state index contributed by atoms with van der Waals surface area (Å²) in [5, 5.41) is 4.51. The van der Waals surface area contributed by atoms with Crippen LogP contribution in [0.3, 0.4) is 0 Å². The number of benzene rings is 1. The Hall–Kier alpha value is -0.380. The van der Waals surface area contributed by atoms with Crippen molar-refractivity contribution in [3.63, 3.8) is 0 Å². The van der Waals surface area contributed by atoms with Crippen LogP contribution in [0.15, 0.2) is 28.7 Å². The van der Waals surface area contributed by atoms with Gasteiger partial charge in [0.05, 0.1) is 0 Å². The number of hydrogen-bond acceptors (Lipinski definition) is 2. The van der Waals surface area contributed by atoms with Gasteiger partial charge in [0.25, 0.3) is 0 Å². The molecule has 1 aromatic carbocycles. The van der Waals surface area contributed by atoms with Gasteiger partial charge in [-0.25, -0.2) is 0 Å². The molecule has 2 rings (SSSR count). The average molecular weight is 270 g/mol. The van der Waals surface area contributed by atoms with Crippen LogP contribution in [0.2, 0.25) is 0 Å². The predicted molar refractivity (Wildman–Crippen MR) is 67.2 cm³/mol. The summed E-state index contributed by atoms with van der Waals surface area (Å²) in [5.74, 6) is 0. The van der Waals surface area contributed by atoms with Gasteiger partial charge in [-0.05, 0) is 53.5 Å². The van der Waals surface area contributed by atoms with Crippen LogP contribution in [0.25, 0.3) is 10.1 Å².